The molecule has 1 aromatic carbocycles. The summed E-state index contributed by atoms with van der Waals surface area (Å²) in [7, 11) is 0. The number of carbonyl (C=O) groups is 1. The lowest BCUT2D eigenvalue weighted by Gasteiger charge is -2.40. The van der Waals surface area contributed by atoms with Crippen molar-refractivity contribution < 1.29 is 15.0 Å². The van der Waals surface area contributed by atoms with E-state index in [0.29, 0.717) is 13.0 Å². The van der Waals surface area contributed by atoms with Crippen LogP contribution >= 0.6 is 0 Å². The second-order valence-electron chi connectivity index (χ2n) is 6.06. The maximum atomic E-state index is 12.3. The molecule has 122 valence electrons. The van der Waals surface area contributed by atoms with Crippen molar-refractivity contribution in [3.8, 4) is 5.69 Å². The van der Waals surface area contributed by atoms with Crippen LogP contribution in [-0.2, 0) is 11.2 Å². The fourth-order valence-corrected chi connectivity index (χ4v) is 2.58. The molecule has 8 heteroatoms. The van der Waals surface area contributed by atoms with Crippen LogP contribution in [0, 0.1) is 0 Å². The molecule has 8 nitrogen and oxygen atoms in total. The molecule has 2 aromatic rings. The molecule has 2 atom stereocenters. The molecular formula is C15H19N5O3. The van der Waals surface area contributed by atoms with Gasteiger partial charge in [0.25, 0.3) is 0 Å². The van der Waals surface area contributed by atoms with Crippen LogP contribution in [0.1, 0.15) is 18.9 Å². The summed E-state index contributed by atoms with van der Waals surface area (Å²) in [5.41, 5.74) is 0.568. The third-order valence-electron chi connectivity index (χ3n) is 4.26. The highest BCUT2D eigenvalue weighted by molar-refractivity contribution is 5.79. The Labute approximate surface area is 133 Å². The fourth-order valence-electron chi connectivity index (χ4n) is 2.58. The summed E-state index contributed by atoms with van der Waals surface area (Å²) in [4.78, 5) is 13.9. The van der Waals surface area contributed by atoms with Gasteiger partial charge in [0, 0.05) is 13.1 Å². The van der Waals surface area contributed by atoms with Gasteiger partial charge in [0.2, 0.25) is 5.91 Å². The van der Waals surface area contributed by atoms with Crippen LogP contribution in [0.2, 0.25) is 0 Å². The van der Waals surface area contributed by atoms with E-state index in [-0.39, 0.29) is 18.9 Å². The standard InChI is InChI=1S/C15H19N5O3/c1-15(23)6-7-19(9-13(15)21)14(22)8-11-2-4-12(5-3-11)20-10-16-17-18-20/h2-5,10,13,21,23H,6-9H2,1H3/t13-,15-/m0/s1. The zero-order chi connectivity index (χ0) is 16.4. The normalized spacial score (nSPS) is 24.7. The van der Waals surface area contributed by atoms with Gasteiger partial charge in [-0.2, -0.15) is 0 Å². The van der Waals surface area contributed by atoms with Crippen LogP contribution in [0.4, 0.5) is 0 Å². The maximum absolute atomic E-state index is 12.3. The monoisotopic (exact) mass is 317 g/mol. The van der Waals surface area contributed by atoms with Crippen molar-refractivity contribution in [2.24, 2.45) is 0 Å². The zero-order valence-electron chi connectivity index (χ0n) is 12.8. The van der Waals surface area contributed by atoms with Crippen molar-refractivity contribution in [1.29, 1.82) is 0 Å². The zero-order valence-corrected chi connectivity index (χ0v) is 12.8. The number of likely N-dealkylation sites (tertiary alicyclic amines) is 1. The molecule has 0 spiro atoms. The Morgan fingerprint density at radius 2 is 2.13 bits per heavy atom. The molecular weight excluding hydrogens is 298 g/mol. The molecule has 0 bridgehead atoms. The van der Waals surface area contributed by atoms with Gasteiger partial charge in [0.05, 0.1) is 23.8 Å². The largest absolute Gasteiger partial charge is 0.388 e. The van der Waals surface area contributed by atoms with E-state index in [1.54, 1.807) is 11.8 Å². The lowest BCUT2D eigenvalue weighted by atomic mass is 9.90. The quantitative estimate of drug-likeness (QED) is 0.794. The summed E-state index contributed by atoms with van der Waals surface area (Å²) in [6, 6.07) is 7.39. The van der Waals surface area contributed by atoms with Gasteiger partial charge >= 0.3 is 0 Å². The number of carbonyl (C=O) groups excluding carboxylic acids is 1. The van der Waals surface area contributed by atoms with E-state index < -0.39 is 11.7 Å². The summed E-state index contributed by atoms with van der Waals surface area (Å²) in [6.45, 7) is 2.21. The van der Waals surface area contributed by atoms with Gasteiger partial charge in [0.15, 0.2) is 0 Å². The van der Waals surface area contributed by atoms with E-state index in [1.807, 2.05) is 24.3 Å². The molecule has 1 fully saturated rings. The number of hydrogen-bond donors (Lipinski definition) is 2. The fraction of sp³-hybridized carbons (Fsp3) is 0.467. The lowest BCUT2D eigenvalue weighted by Crippen LogP contribution is -2.55. The van der Waals surface area contributed by atoms with Crippen molar-refractivity contribution in [3.63, 3.8) is 0 Å². The van der Waals surface area contributed by atoms with Crippen LogP contribution in [0.25, 0.3) is 5.69 Å². The Morgan fingerprint density at radius 3 is 2.74 bits per heavy atom. The average Bonchev–Trinajstić information content (AvgIpc) is 3.05. The van der Waals surface area contributed by atoms with Crippen LogP contribution in [0.5, 0.6) is 0 Å². The van der Waals surface area contributed by atoms with Crippen molar-refractivity contribution in [2.75, 3.05) is 13.1 Å². The second kappa shape index (κ2) is 6.05. The molecule has 1 aromatic heterocycles. The molecule has 1 aliphatic rings. The van der Waals surface area contributed by atoms with Crippen molar-refractivity contribution in [2.45, 2.75) is 31.5 Å². The molecule has 3 rings (SSSR count). The number of piperidine rings is 1. The molecule has 1 aliphatic heterocycles. The highest BCUT2D eigenvalue weighted by atomic mass is 16.3. The summed E-state index contributed by atoms with van der Waals surface area (Å²) in [6.07, 6.45) is 1.21. The molecule has 1 amide bonds. The number of aliphatic hydroxyl groups is 2. The van der Waals surface area contributed by atoms with Crippen LogP contribution in [0.3, 0.4) is 0 Å². The minimum atomic E-state index is -1.12. The Kier molecular flexibility index (Phi) is 4.10. The molecule has 0 radical (unpaired) electrons. The number of nitrogens with zero attached hydrogens (tertiary/aromatic N) is 5. The van der Waals surface area contributed by atoms with Crippen molar-refractivity contribution >= 4 is 5.91 Å². The maximum Gasteiger partial charge on any atom is 0.227 e. The summed E-state index contributed by atoms with van der Waals surface area (Å²) >= 11 is 0. The van der Waals surface area contributed by atoms with Crippen LogP contribution in [-0.4, -0.2) is 66.0 Å². The third kappa shape index (κ3) is 3.38. The first-order valence-corrected chi connectivity index (χ1v) is 7.46. The highest BCUT2D eigenvalue weighted by Gasteiger charge is 2.37. The lowest BCUT2D eigenvalue weighted by molar-refractivity contribution is -0.145. The van der Waals surface area contributed by atoms with Crippen molar-refractivity contribution in [3.05, 3.63) is 36.2 Å². The molecule has 0 aliphatic carbocycles. The number of rotatable bonds is 3. The van der Waals surface area contributed by atoms with E-state index in [2.05, 4.69) is 15.5 Å². The highest BCUT2D eigenvalue weighted by Crippen LogP contribution is 2.22. The van der Waals surface area contributed by atoms with Gasteiger partial charge in [-0.3, -0.25) is 4.79 Å². The van der Waals surface area contributed by atoms with E-state index >= 15 is 0 Å². The van der Waals surface area contributed by atoms with E-state index in [9.17, 15) is 15.0 Å². The van der Waals surface area contributed by atoms with E-state index in [0.717, 1.165) is 11.3 Å². The molecule has 0 unspecified atom stereocenters. The first kappa shape index (κ1) is 15.6. The number of tetrazole rings is 1. The van der Waals surface area contributed by atoms with Gasteiger partial charge in [-0.25, -0.2) is 4.68 Å². The summed E-state index contributed by atoms with van der Waals surface area (Å²) < 4.78 is 1.54. The first-order chi connectivity index (χ1) is 11.0. The molecule has 2 N–H and O–H groups in total. The minimum Gasteiger partial charge on any atom is -0.388 e. The molecule has 2 heterocycles. The average molecular weight is 317 g/mol. The number of benzene rings is 1. The minimum absolute atomic E-state index is 0.0604. The SMILES string of the molecule is C[C@]1(O)CCN(C(=O)Cc2ccc(-n3cnnn3)cc2)C[C@@H]1O. The van der Waals surface area contributed by atoms with E-state index in [1.165, 1.54) is 11.0 Å². The van der Waals surface area contributed by atoms with Gasteiger partial charge in [-0.15, -0.1) is 5.10 Å². The second-order valence-corrected chi connectivity index (χ2v) is 6.06. The van der Waals surface area contributed by atoms with Gasteiger partial charge in [-0.05, 0) is 41.5 Å². The predicted octanol–water partition coefficient (Wildman–Crippen LogP) is -0.451. The van der Waals surface area contributed by atoms with E-state index in [4.69, 9.17) is 0 Å². The molecule has 0 saturated carbocycles. The summed E-state index contributed by atoms with van der Waals surface area (Å²) in [5, 5.41) is 30.8. The Bertz CT molecular complexity index is 669. The topological polar surface area (TPSA) is 104 Å². The first-order valence-electron chi connectivity index (χ1n) is 7.46. The molecule has 1 saturated heterocycles. The van der Waals surface area contributed by atoms with Gasteiger partial charge < -0.3 is 15.1 Å². The molecule has 23 heavy (non-hydrogen) atoms. The number of amides is 1. The number of aliphatic hydroxyl groups excluding tert-OH is 1. The number of hydrogen-bond acceptors (Lipinski definition) is 6. The predicted molar refractivity (Wildman–Crippen MR) is 80.7 cm³/mol. The smallest absolute Gasteiger partial charge is 0.227 e. The Hall–Kier alpha value is -2.32. The summed E-state index contributed by atoms with van der Waals surface area (Å²) in [5.74, 6) is -0.0604. The number of aromatic nitrogens is 4. The van der Waals surface area contributed by atoms with Crippen LogP contribution < -0.4 is 0 Å². The Balaban J connectivity index is 1.62. The van der Waals surface area contributed by atoms with Gasteiger partial charge in [-0.1, -0.05) is 12.1 Å². The number of β-amino-alcohol motifs (C(OH)–C–C–N with tert-alkyl or cyclic N) is 1. The Morgan fingerprint density at radius 1 is 1.39 bits per heavy atom. The van der Waals surface area contributed by atoms with Gasteiger partial charge in [0.1, 0.15) is 6.33 Å². The third-order valence-corrected chi connectivity index (χ3v) is 4.26. The van der Waals surface area contributed by atoms with Crippen LogP contribution in [0.15, 0.2) is 30.6 Å². The van der Waals surface area contributed by atoms with Crippen molar-refractivity contribution in [1.82, 2.24) is 25.1 Å².